The van der Waals surface area contributed by atoms with E-state index in [0.29, 0.717) is 5.89 Å². The van der Waals surface area contributed by atoms with Crippen molar-refractivity contribution in [2.45, 2.75) is 45.6 Å². The van der Waals surface area contributed by atoms with Crippen LogP contribution in [0, 0.1) is 5.92 Å². The molecular weight excluding hydrogens is 232 g/mol. The first-order valence-corrected chi connectivity index (χ1v) is 6.62. The van der Waals surface area contributed by atoms with Crippen LogP contribution >= 0.6 is 0 Å². The summed E-state index contributed by atoms with van der Waals surface area (Å²) in [5.41, 5.74) is 0. The van der Waals surface area contributed by atoms with Gasteiger partial charge in [0, 0.05) is 5.92 Å². The molecule has 0 aromatic carbocycles. The van der Waals surface area contributed by atoms with Crippen LogP contribution < -0.4 is 10.6 Å². The molecule has 1 fully saturated rings. The quantitative estimate of drug-likeness (QED) is 0.836. The number of anilines is 1. The highest BCUT2D eigenvalue weighted by atomic mass is 16.4. The van der Waals surface area contributed by atoms with Crippen molar-refractivity contribution in [2.75, 3.05) is 11.9 Å². The minimum Gasteiger partial charge on any atom is -0.406 e. The summed E-state index contributed by atoms with van der Waals surface area (Å²) in [7, 11) is 0. The lowest BCUT2D eigenvalue weighted by Gasteiger charge is -2.09. The zero-order chi connectivity index (χ0) is 13.0. The van der Waals surface area contributed by atoms with Crippen molar-refractivity contribution in [3.8, 4) is 0 Å². The van der Waals surface area contributed by atoms with E-state index < -0.39 is 0 Å². The molecule has 1 amide bonds. The maximum absolute atomic E-state index is 11.9. The van der Waals surface area contributed by atoms with Crippen LogP contribution in [0.3, 0.4) is 0 Å². The Morgan fingerprint density at radius 2 is 2.28 bits per heavy atom. The summed E-state index contributed by atoms with van der Waals surface area (Å²) in [5.74, 6) is 0.520. The van der Waals surface area contributed by atoms with Gasteiger partial charge in [0.2, 0.25) is 11.8 Å². The lowest BCUT2D eigenvalue weighted by molar-refractivity contribution is -0.120. The third-order valence-corrected chi connectivity index (χ3v) is 3.39. The van der Waals surface area contributed by atoms with E-state index in [1.54, 1.807) is 0 Å². The molecule has 100 valence electrons. The molecule has 0 saturated carbocycles. The highest BCUT2D eigenvalue weighted by molar-refractivity contribution is 5.90. The normalized spacial score (nSPS) is 19.4. The third kappa shape index (κ3) is 2.87. The maximum atomic E-state index is 11.9. The fraction of sp³-hybridized carbons (Fsp3) is 0.750. The van der Waals surface area contributed by atoms with Gasteiger partial charge < -0.3 is 9.73 Å². The second-order valence-corrected chi connectivity index (χ2v) is 4.60. The molecule has 0 aliphatic carbocycles. The van der Waals surface area contributed by atoms with E-state index in [-0.39, 0.29) is 23.9 Å². The standard InChI is InChI=1S/C12H20N4O2/c1-3-8(4-2)10(17)14-12-16-15-11(18-12)9-6-5-7-13-9/h8-9,13H,3-7H2,1-2H3,(H,14,16,17). The monoisotopic (exact) mass is 252 g/mol. The molecule has 1 saturated heterocycles. The number of nitrogens with one attached hydrogen (secondary N) is 2. The molecule has 1 aromatic heterocycles. The molecule has 1 aromatic rings. The van der Waals surface area contributed by atoms with Gasteiger partial charge in [-0.25, -0.2) is 0 Å². The van der Waals surface area contributed by atoms with Crippen molar-refractivity contribution in [2.24, 2.45) is 5.92 Å². The van der Waals surface area contributed by atoms with Crippen molar-refractivity contribution >= 4 is 11.9 Å². The van der Waals surface area contributed by atoms with E-state index in [2.05, 4.69) is 20.8 Å². The topological polar surface area (TPSA) is 80.0 Å². The molecule has 1 atom stereocenters. The van der Waals surface area contributed by atoms with Crippen molar-refractivity contribution < 1.29 is 9.21 Å². The fourth-order valence-electron chi connectivity index (χ4n) is 2.19. The second-order valence-electron chi connectivity index (χ2n) is 4.60. The Morgan fingerprint density at radius 1 is 1.50 bits per heavy atom. The first kappa shape index (κ1) is 13.0. The number of carbonyl (C=O) groups excluding carboxylic acids is 1. The predicted octanol–water partition coefficient (Wildman–Crippen LogP) is 1.87. The Morgan fingerprint density at radius 3 is 2.89 bits per heavy atom. The average Bonchev–Trinajstić information content (AvgIpc) is 3.00. The number of amides is 1. The maximum Gasteiger partial charge on any atom is 0.322 e. The van der Waals surface area contributed by atoms with Crippen molar-refractivity contribution in [3.63, 3.8) is 0 Å². The smallest absolute Gasteiger partial charge is 0.322 e. The SMILES string of the molecule is CCC(CC)C(=O)Nc1nnc(C2CCCN2)o1. The largest absolute Gasteiger partial charge is 0.406 e. The van der Waals surface area contributed by atoms with Gasteiger partial charge in [0.15, 0.2) is 0 Å². The van der Waals surface area contributed by atoms with Crippen LogP contribution in [0.2, 0.25) is 0 Å². The average molecular weight is 252 g/mol. The summed E-state index contributed by atoms with van der Waals surface area (Å²) in [5, 5.41) is 13.8. The summed E-state index contributed by atoms with van der Waals surface area (Å²) in [6.45, 7) is 4.97. The number of aromatic nitrogens is 2. The van der Waals surface area contributed by atoms with E-state index in [0.717, 1.165) is 32.2 Å². The van der Waals surface area contributed by atoms with Gasteiger partial charge in [-0.2, -0.15) is 0 Å². The van der Waals surface area contributed by atoms with E-state index in [1.807, 2.05) is 13.8 Å². The molecule has 1 unspecified atom stereocenters. The van der Waals surface area contributed by atoms with Gasteiger partial charge in [0.1, 0.15) is 0 Å². The van der Waals surface area contributed by atoms with Gasteiger partial charge >= 0.3 is 6.01 Å². The fourth-order valence-corrected chi connectivity index (χ4v) is 2.19. The lowest BCUT2D eigenvalue weighted by Crippen LogP contribution is -2.21. The molecular formula is C12H20N4O2. The third-order valence-electron chi connectivity index (χ3n) is 3.39. The van der Waals surface area contributed by atoms with Crippen LogP contribution in [0.25, 0.3) is 0 Å². The summed E-state index contributed by atoms with van der Waals surface area (Å²) < 4.78 is 5.46. The molecule has 2 N–H and O–H groups in total. The molecule has 18 heavy (non-hydrogen) atoms. The molecule has 0 spiro atoms. The molecule has 2 heterocycles. The zero-order valence-electron chi connectivity index (χ0n) is 10.9. The van der Waals surface area contributed by atoms with E-state index in [4.69, 9.17) is 4.42 Å². The van der Waals surface area contributed by atoms with Gasteiger partial charge in [-0.05, 0) is 32.2 Å². The summed E-state index contributed by atoms with van der Waals surface area (Å²) >= 11 is 0. The first-order valence-electron chi connectivity index (χ1n) is 6.62. The second kappa shape index (κ2) is 5.95. The molecule has 0 radical (unpaired) electrons. The first-order chi connectivity index (χ1) is 8.74. The van der Waals surface area contributed by atoms with Crippen molar-refractivity contribution in [1.82, 2.24) is 15.5 Å². The van der Waals surface area contributed by atoms with Crippen molar-refractivity contribution in [1.29, 1.82) is 0 Å². The number of nitrogens with zero attached hydrogens (tertiary/aromatic N) is 2. The van der Waals surface area contributed by atoms with Gasteiger partial charge in [0.25, 0.3) is 0 Å². The van der Waals surface area contributed by atoms with Crippen LogP contribution in [0.15, 0.2) is 4.42 Å². The van der Waals surface area contributed by atoms with Crippen LogP contribution in [-0.2, 0) is 4.79 Å². The van der Waals surface area contributed by atoms with Crippen LogP contribution in [0.1, 0.15) is 51.5 Å². The molecule has 1 aliphatic rings. The van der Waals surface area contributed by atoms with Gasteiger partial charge in [-0.1, -0.05) is 18.9 Å². The lowest BCUT2D eigenvalue weighted by atomic mass is 10.0. The Balaban J connectivity index is 1.95. The van der Waals surface area contributed by atoms with Crippen LogP contribution in [0.5, 0.6) is 0 Å². The van der Waals surface area contributed by atoms with E-state index >= 15 is 0 Å². The van der Waals surface area contributed by atoms with Gasteiger partial charge in [-0.3, -0.25) is 10.1 Å². The Bertz CT molecular complexity index is 395. The summed E-state index contributed by atoms with van der Waals surface area (Å²) in [6.07, 6.45) is 3.74. The molecule has 6 heteroatoms. The Kier molecular flexibility index (Phi) is 4.30. The highest BCUT2D eigenvalue weighted by Gasteiger charge is 2.23. The molecule has 1 aliphatic heterocycles. The van der Waals surface area contributed by atoms with E-state index in [1.165, 1.54) is 0 Å². The van der Waals surface area contributed by atoms with Crippen molar-refractivity contribution in [3.05, 3.63) is 5.89 Å². The Labute approximate surface area is 107 Å². The molecule has 2 rings (SSSR count). The number of hydrogen-bond donors (Lipinski definition) is 2. The summed E-state index contributed by atoms with van der Waals surface area (Å²) in [4.78, 5) is 11.9. The minimum absolute atomic E-state index is 0.00459. The van der Waals surface area contributed by atoms with Crippen LogP contribution in [0.4, 0.5) is 6.01 Å². The molecule has 0 bridgehead atoms. The predicted molar refractivity (Wildman–Crippen MR) is 67.0 cm³/mol. The summed E-state index contributed by atoms with van der Waals surface area (Å²) in [6, 6.07) is 0.340. The molecule has 6 nitrogen and oxygen atoms in total. The minimum atomic E-state index is -0.0467. The van der Waals surface area contributed by atoms with E-state index in [9.17, 15) is 4.79 Å². The highest BCUT2D eigenvalue weighted by Crippen LogP contribution is 2.23. The number of hydrogen-bond acceptors (Lipinski definition) is 5. The van der Waals surface area contributed by atoms with Gasteiger partial charge in [0.05, 0.1) is 6.04 Å². The number of rotatable bonds is 5. The van der Waals surface area contributed by atoms with Gasteiger partial charge in [-0.15, -0.1) is 5.10 Å². The zero-order valence-corrected chi connectivity index (χ0v) is 10.9. The number of carbonyl (C=O) groups is 1. The van der Waals surface area contributed by atoms with Crippen LogP contribution in [-0.4, -0.2) is 22.6 Å². The Hall–Kier alpha value is -1.43.